The summed E-state index contributed by atoms with van der Waals surface area (Å²) >= 11 is 6.18. The summed E-state index contributed by atoms with van der Waals surface area (Å²) in [5.41, 5.74) is 0.730. The van der Waals surface area contributed by atoms with Crippen LogP contribution >= 0.6 is 24.0 Å². The van der Waals surface area contributed by atoms with E-state index in [1.165, 1.54) is 6.92 Å². The third-order valence-corrected chi connectivity index (χ3v) is 4.75. The third-order valence-electron chi connectivity index (χ3n) is 3.42. The molecule has 1 saturated heterocycles. The molecule has 1 aromatic rings. The second kappa shape index (κ2) is 8.35. The van der Waals surface area contributed by atoms with E-state index in [9.17, 15) is 14.7 Å². The summed E-state index contributed by atoms with van der Waals surface area (Å²) in [5.74, 6) is -0.591. The molecule has 1 aromatic carbocycles. The van der Waals surface area contributed by atoms with E-state index in [2.05, 4.69) is 0 Å². The van der Waals surface area contributed by atoms with Crippen LogP contribution in [0, 0.1) is 0 Å². The number of carboxylic acid groups (broad SMARTS) is 1. The number of rotatable bonds is 7. The third kappa shape index (κ3) is 4.32. The van der Waals surface area contributed by atoms with Crippen molar-refractivity contribution in [2.75, 3.05) is 13.2 Å². The molecule has 1 unspecified atom stereocenters. The van der Waals surface area contributed by atoms with E-state index in [1.807, 2.05) is 13.8 Å². The molecule has 1 amide bonds. The van der Waals surface area contributed by atoms with Crippen LogP contribution in [0.2, 0.25) is 0 Å². The number of carboxylic acids is 1. The fourth-order valence-corrected chi connectivity index (χ4v) is 3.65. The highest BCUT2D eigenvalue weighted by Crippen LogP contribution is 2.35. The number of carbonyl (C=O) groups is 2. The van der Waals surface area contributed by atoms with Gasteiger partial charge >= 0.3 is 0 Å². The Morgan fingerprint density at radius 2 is 1.96 bits per heavy atom. The molecule has 1 aliphatic rings. The van der Waals surface area contributed by atoms with Gasteiger partial charge in [0.2, 0.25) is 0 Å². The molecule has 2 rings (SSSR count). The quantitative estimate of drug-likeness (QED) is 0.527. The second-order valence-electron chi connectivity index (χ2n) is 5.12. The lowest BCUT2D eigenvalue weighted by Gasteiger charge is -2.23. The molecular formula is C17H18NO5S2-. The van der Waals surface area contributed by atoms with Crippen molar-refractivity contribution in [3.8, 4) is 11.5 Å². The summed E-state index contributed by atoms with van der Waals surface area (Å²) in [6, 6.07) is 4.22. The Balaban J connectivity index is 2.31. The number of carbonyl (C=O) groups excluding carboxylic acids is 2. The Kier molecular flexibility index (Phi) is 6.44. The Morgan fingerprint density at radius 1 is 1.32 bits per heavy atom. The Bertz CT molecular complexity index is 732. The van der Waals surface area contributed by atoms with Gasteiger partial charge in [0.25, 0.3) is 5.91 Å². The van der Waals surface area contributed by atoms with Crippen LogP contribution in [0.15, 0.2) is 23.1 Å². The van der Waals surface area contributed by atoms with E-state index in [1.54, 1.807) is 24.3 Å². The number of thiocarbonyl (C=S) groups is 1. The molecule has 6 nitrogen and oxygen atoms in total. The van der Waals surface area contributed by atoms with Gasteiger partial charge in [0.15, 0.2) is 11.5 Å². The molecule has 1 atom stereocenters. The minimum Gasteiger partial charge on any atom is -0.548 e. The second-order valence-corrected chi connectivity index (χ2v) is 6.79. The lowest BCUT2D eigenvalue weighted by molar-refractivity contribution is -0.309. The molecular weight excluding hydrogens is 362 g/mol. The molecule has 1 heterocycles. The van der Waals surface area contributed by atoms with E-state index < -0.39 is 17.9 Å². The minimum atomic E-state index is -1.35. The first-order valence-electron chi connectivity index (χ1n) is 7.76. The smallest absolute Gasteiger partial charge is 0.266 e. The highest BCUT2D eigenvalue weighted by Gasteiger charge is 2.35. The average molecular weight is 380 g/mol. The molecule has 0 aliphatic carbocycles. The molecule has 25 heavy (non-hydrogen) atoms. The zero-order chi connectivity index (χ0) is 18.6. The summed E-state index contributed by atoms with van der Waals surface area (Å²) in [6.45, 7) is 6.11. The van der Waals surface area contributed by atoms with Crippen molar-refractivity contribution < 1.29 is 24.2 Å². The maximum atomic E-state index is 12.4. The standard InChI is InChI=1S/C17H19NO5S2/c1-4-22-12-7-6-11(8-13(12)23-5-2)9-14-15(19)18(17(24)25-14)10(3)16(20)21/h6-10H,4-5H2,1-3H3,(H,20,21)/p-1. The topological polar surface area (TPSA) is 78.9 Å². The Hall–Kier alpha value is -2.06. The Morgan fingerprint density at radius 3 is 2.56 bits per heavy atom. The van der Waals surface area contributed by atoms with Gasteiger partial charge in [-0.3, -0.25) is 9.69 Å². The maximum Gasteiger partial charge on any atom is 0.266 e. The summed E-state index contributed by atoms with van der Waals surface area (Å²) in [5, 5.41) is 11.0. The first-order chi connectivity index (χ1) is 11.9. The van der Waals surface area contributed by atoms with E-state index in [4.69, 9.17) is 21.7 Å². The number of thioether (sulfide) groups is 1. The molecule has 8 heteroatoms. The fourth-order valence-electron chi connectivity index (χ4n) is 2.23. The summed E-state index contributed by atoms with van der Waals surface area (Å²) < 4.78 is 11.3. The first kappa shape index (κ1) is 19.3. The molecule has 0 bridgehead atoms. The molecule has 134 valence electrons. The van der Waals surface area contributed by atoms with Crippen molar-refractivity contribution in [3.63, 3.8) is 0 Å². The molecule has 0 aromatic heterocycles. The number of nitrogens with zero attached hydrogens (tertiary/aromatic N) is 1. The molecule has 0 N–H and O–H groups in total. The minimum absolute atomic E-state index is 0.198. The van der Waals surface area contributed by atoms with Crippen LogP contribution in [0.25, 0.3) is 6.08 Å². The van der Waals surface area contributed by atoms with Gasteiger partial charge in [0.1, 0.15) is 4.32 Å². The van der Waals surface area contributed by atoms with Gasteiger partial charge < -0.3 is 19.4 Å². The van der Waals surface area contributed by atoms with Crippen molar-refractivity contribution in [1.29, 1.82) is 0 Å². The average Bonchev–Trinajstić information content (AvgIpc) is 2.83. The van der Waals surface area contributed by atoms with Crippen molar-refractivity contribution >= 4 is 46.3 Å². The summed E-state index contributed by atoms with van der Waals surface area (Å²) in [4.78, 5) is 24.9. The molecule has 0 spiro atoms. The van der Waals surface area contributed by atoms with Gasteiger partial charge in [-0.05, 0) is 44.5 Å². The lowest BCUT2D eigenvalue weighted by atomic mass is 10.1. The van der Waals surface area contributed by atoms with Crippen molar-refractivity contribution in [3.05, 3.63) is 28.7 Å². The number of hydrogen-bond acceptors (Lipinski definition) is 7. The summed E-state index contributed by atoms with van der Waals surface area (Å²) in [7, 11) is 0. The van der Waals surface area contributed by atoms with Crippen LogP contribution in [-0.4, -0.2) is 40.4 Å². The van der Waals surface area contributed by atoms with Crippen LogP contribution in [-0.2, 0) is 9.59 Å². The van der Waals surface area contributed by atoms with E-state index in [0.29, 0.717) is 29.6 Å². The molecule has 0 saturated carbocycles. The largest absolute Gasteiger partial charge is 0.548 e. The number of ether oxygens (including phenoxy) is 2. The van der Waals surface area contributed by atoms with Crippen molar-refractivity contribution in [1.82, 2.24) is 4.90 Å². The normalized spacial score (nSPS) is 17.1. The van der Waals surface area contributed by atoms with Crippen LogP contribution < -0.4 is 14.6 Å². The zero-order valence-corrected chi connectivity index (χ0v) is 15.7. The maximum absolute atomic E-state index is 12.4. The molecule has 1 fully saturated rings. The highest BCUT2D eigenvalue weighted by molar-refractivity contribution is 8.26. The zero-order valence-electron chi connectivity index (χ0n) is 14.1. The monoisotopic (exact) mass is 380 g/mol. The van der Waals surface area contributed by atoms with Gasteiger partial charge in [-0.15, -0.1) is 0 Å². The number of hydrogen-bond donors (Lipinski definition) is 0. The number of benzene rings is 1. The van der Waals surface area contributed by atoms with Crippen LogP contribution in [0.3, 0.4) is 0 Å². The number of aliphatic carboxylic acids is 1. The van der Waals surface area contributed by atoms with Crippen LogP contribution in [0.4, 0.5) is 0 Å². The van der Waals surface area contributed by atoms with Crippen molar-refractivity contribution in [2.24, 2.45) is 0 Å². The first-order valence-corrected chi connectivity index (χ1v) is 8.99. The summed E-state index contributed by atoms with van der Waals surface area (Å²) in [6.07, 6.45) is 1.65. The predicted octanol–water partition coefficient (Wildman–Crippen LogP) is 1.82. The van der Waals surface area contributed by atoms with Gasteiger partial charge in [0.05, 0.1) is 30.1 Å². The number of amides is 1. The van der Waals surface area contributed by atoms with Gasteiger partial charge in [-0.2, -0.15) is 0 Å². The van der Waals surface area contributed by atoms with E-state index in [-0.39, 0.29) is 4.32 Å². The predicted molar refractivity (Wildman–Crippen MR) is 98.3 cm³/mol. The highest BCUT2D eigenvalue weighted by atomic mass is 32.2. The van der Waals surface area contributed by atoms with Crippen molar-refractivity contribution in [2.45, 2.75) is 26.8 Å². The van der Waals surface area contributed by atoms with Gasteiger partial charge in [-0.1, -0.05) is 30.0 Å². The lowest BCUT2D eigenvalue weighted by Crippen LogP contribution is -2.48. The van der Waals surface area contributed by atoms with Crippen LogP contribution in [0.5, 0.6) is 11.5 Å². The van der Waals surface area contributed by atoms with Crippen LogP contribution in [0.1, 0.15) is 26.3 Å². The van der Waals surface area contributed by atoms with Gasteiger partial charge in [-0.25, -0.2) is 0 Å². The van der Waals surface area contributed by atoms with Gasteiger partial charge in [0, 0.05) is 0 Å². The van der Waals surface area contributed by atoms with E-state index in [0.717, 1.165) is 22.2 Å². The molecule has 0 radical (unpaired) electrons. The fraction of sp³-hybridized carbons (Fsp3) is 0.353. The van der Waals surface area contributed by atoms with E-state index >= 15 is 0 Å². The Labute approximate surface area is 155 Å². The molecule has 1 aliphatic heterocycles. The SMILES string of the molecule is CCOc1ccc(C=C2SC(=S)N(C(C)C(=O)[O-])C2=O)cc1OCC.